The number of hydrogen-bond acceptors (Lipinski definition) is 4. The third-order valence-electron chi connectivity index (χ3n) is 2.47. The highest BCUT2D eigenvalue weighted by atomic mass is 16.7. The summed E-state index contributed by atoms with van der Waals surface area (Å²) in [5.41, 5.74) is -1.12. The molecule has 58 valence electrons. The molecule has 2 saturated heterocycles. The van der Waals surface area contributed by atoms with Crippen molar-refractivity contribution in [3.05, 3.63) is 0 Å². The van der Waals surface area contributed by atoms with Gasteiger partial charge in [0.15, 0.2) is 0 Å². The highest BCUT2D eigenvalue weighted by molar-refractivity contribution is 6.61. The van der Waals surface area contributed by atoms with E-state index < -0.39 is 22.9 Å². The van der Waals surface area contributed by atoms with Crippen molar-refractivity contribution in [1.82, 2.24) is 0 Å². The normalized spacial score (nSPS) is 46.7. The van der Waals surface area contributed by atoms with Gasteiger partial charge in [-0.15, -0.1) is 0 Å². The van der Waals surface area contributed by atoms with E-state index in [4.69, 9.17) is 9.47 Å². The third-order valence-corrected chi connectivity index (χ3v) is 2.47. The largest absolute Gasteiger partial charge is 0.457 e. The second-order valence-electron chi connectivity index (χ2n) is 3.42. The van der Waals surface area contributed by atoms with Crippen molar-refractivity contribution < 1.29 is 19.1 Å². The first-order chi connectivity index (χ1) is 4.97. The lowest BCUT2D eigenvalue weighted by Crippen LogP contribution is -2.41. The summed E-state index contributed by atoms with van der Waals surface area (Å²) >= 11 is 0. The molecule has 4 nitrogen and oxygen atoms in total. The van der Waals surface area contributed by atoms with Crippen molar-refractivity contribution in [3.63, 3.8) is 0 Å². The van der Waals surface area contributed by atoms with Gasteiger partial charge in [-0.3, -0.25) is 0 Å². The maximum absolute atomic E-state index is 10.7. The molecule has 0 amide bonds. The molecule has 2 fully saturated rings. The predicted molar refractivity (Wildman–Crippen MR) is 36.1 cm³/mol. The van der Waals surface area contributed by atoms with Crippen molar-refractivity contribution >= 4 is 19.2 Å². The summed E-state index contributed by atoms with van der Waals surface area (Å²) in [6.07, 6.45) is 0. The molecule has 2 aliphatic heterocycles. The Labute approximate surface area is 64.1 Å². The molecule has 0 N–H and O–H groups in total. The minimum atomic E-state index is -0.873. The Hall–Kier alpha value is -0.995. The van der Waals surface area contributed by atoms with Crippen LogP contribution in [0.15, 0.2) is 0 Å². The van der Waals surface area contributed by atoms with E-state index in [1.165, 1.54) is 0 Å². The molecule has 2 atom stereocenters. The number of fused-ring (bicyclic) bond motifs is 1. The SMILES string of the molecule is CC12B[C@@]1(C)OC(=O)C(=O)O2. The van der Waals surface area contributed by atoms with Crippen LogP contribution in [-0.4, -0.2) is 30.2 Å². The quantitative estimate of drug-likeness (QED) is 0.254. The van der Waals surface area contributed by atoms with Crippen LogP contribution < -0.4 is 0 Å². The van der Waals surface area contributed by atoms with Gasteiger partial charge < -0.3 is 9.47 Å². The second kappa shape index (κ2) is 1.44. The summed E-state index contributed by atoms with van der Waals surface area (Å²) in [7, 11) is 0.609. The average molecular weight is 154 g/mol. The van der Waals surface area contributed by atoms with Crippen LogP contribution in [0.2, 0.25) is 0 Å². The Morgan fingerprint density at radius 3 is 1.82 bits per heavy atom. The zero-order valence-corrected chi connectivity index (χ0v) is 6.34. The molecule has 11 heavy (non-hydrogen) atoms. The summed E-state index contributed by atoms with van der Waals surface area (Å²) in [5.74, 6) is -1.75. The van der Waals surface area contributed by atoms with Crippen LogP contribution in [0.25, 0.3) is 0 Å². The molecule has 0 saturated carbocycles. The minimum Gasteiger partial charge on any atom is -0.457 e. The van der Waals surface area contributed by atoms with E-state index in [2.05, 4.69) is 0 Å². The van der Waals surface area contributed by atoms with E-state index in [0.29, 0.717) is 7.28 Å². The highest BCUT2D eigenvalue weighted by Gasteiger charge is 2.72. The van der Waals surface area contributed by atoms with Crippen molar-refractivity contribution in [3.8, 4) is 0 Å². The Balaban J connectivity index is 2.28. The molecule has 2 heterocycles. The fourth-order valence-corrected chi connectivity index (χ4v) is 1.38. The number of ether oxygens (including phenoxy) is 2. The molecule has 2 aliphatic rings. The monoisotopic (exact) mass is 154 g/mol. The summed E-state index contributed by atoms with van der Waals surface area (Å²) in [6, 6.07) is 0. The molecular formula is C6H7BO4. The molecule has 5 heteroatoms. The molecule has 0 spiro atoms. The summed E-state index contributed by atoms with van der Waals surface area (Å²) in [5, 5.41) is 0. The molecule has 0 aromatic heterocycles. The van der Waals surface area contributed by atoms with E-state index in [0.717, 1.165) is 0 Å². The van der Waals surface area contributed by atoms with Gasteiger partial charge in [0, 0.05) is 0 Å². The molecule has 2 rings (SSSR count). The molecule has 0 aliphatic carbocycles. The van der Waals surface area contributed by atoms with Gasteiger partial charge in [0.2, 0.25) is 7.28 Å². The predicted octanol–water partition coefficient (Wildman–Crippen LogP) is -1.03. The fourth-order valence-electron chi connectivity index (χ4n) is 1.38. The zero-order valence-electron chi connectivity index (χ0n) is 6.34. The lowest BCUT2D eigenvalue weighted by atomic mass is 9.97. The molecule has 0 radical (unpaired) electrons. The standard InChI is InChI=1S/C6H7BO4/c1-5-6(2,7-5)11-4(9)3(8)10-5/h7H,1-2H3/t5-,6?/m0/s1. The van der Waals surface area contributed by atoms with Gasteiger partial charge in [0.1, 0.15) is 11.0 Å². The van der Waals surface area contributed by atoms with Crippen molar-refractivity contribution in [2.45, 2.75) is 24.8 Å². The topological polar surface area (TPSA) is 52.6 Å². The first kappa shape index (κ1) is 6.70. The number of carbonyl (C=O) groups is 2. The minimum absolute atomic E-state index is 0.558. The highest BCUT2D eigenvalue weighted by Crippen LogP contribution is 2.47. The maximum Gasteiger partial charge on any atom is 0.417 e. The zero-order chi connectivity index (χ0) is 8.28. The smallest absolute Gasteiger partial charge is 0.417 e. The van der Waals surface area contributed by atoms with Crippen LogP contribution in [0.4, 0.5) is 0 Å². The molecular weight excluding hydrogens is 147 g/mol. The Morgan fingerprint density at radius 1 is 1.09 bits per heavy atom. The van der Waals surface area contributed by atoms with Gasteiger partial charge >= 0.3 is 11.9 Å². The summed E-state index contributed by atoms with van der Waals surface area (Å²) in [4.78, 5) is 21.4. The molecule has 0 aromatic rings. The van der Waals surface area contributed by atoms with Crippen LogP contribution >= 0.6 is 0 Å². The van der Waals surface area contributed by atoms with Crippen molar-refractivity contribution in [2.24, 2.45) is 0 Å². The number of rotatable bonds is 0. The van der Waals surface area contributed by atoms with Gasteiger partial charge in [-0.05, 0) is 13.8 Å². The first-order valence-electron chi connectivity index (χ1n) is 3.43. The lowest BCUT2D eigenvalue weighted by Gasteiger charge is -2.25. The Bertz CT molecular complexity index is 237. The van der Waals surface area contributed by atoms with Gasteiger partial charge in [-0.25, -0.2) is 9.59 Å². The van der Waals surface area contributed by atoms with Crippen LogP contribution in [0.1, 0.15) is 13.8 Å². The summed E-state index contributed by atoms with van der Waals surface area (Å²) in [6.45, 7) is 3.52. The van der Waals surface area contributed by atoms with Crippen LogP contribution in [0, 0.1) is 0 Å². The summed E-state index contributed by atoms with van der Waals surface area (Å²) < 4.78 is 9.70. The van der Waals surface area contributed by atoms with Crippen molar-refractivity contribution in [2.75, 3.05) is 0 Å². The van der Waals surface area contributed by atoms with E-state index in [1.807, 2.05) is 0 Å². The van der Waals surface area contributed by atoms with Gasteiger partial charge in [0.25, 0.3) is 0 Å². The number of hydrogen-bond donors (Lipinski definition) is 0. The average Bonchev–Trinajstić information content (AvgIpc) is 2.33. The van der Waals surface area contributed by atoms with Gasteiger partial charge in [0.05, 0.1) is 0 Å². The van der Waals surface area contributed by atoms with E-state index in [9.17, 15) is 9.59 Å². The fraction of sp³-hybridized carbons (Fsp3) is 0.667. The molecule has 1 unspecified atom stereocenters. The van der Waals surface area contributed by atoms with Gasteiger partial charge in [-0.2, -0.15) is 0 Å². The third kappa shape index (κ3) is 0.653. The van der Waals surface area contributed by atoms with E-state index in [1.54, 1.807) is 13.8 Å². The number of esters is 2. The van der Waals surface area contributed by atoms with Gasteiger partial charge in [-0.1, -0.05) is 0 Å². The van der Waals surface area contributed by atoms with Crippen LogP contribution in [0.3, 0.4) is 0 Å². The Morgan fingerprint density at radius 2 is 1.45 bits per heavy atom. The maximum atomic E-state index is 10.7. The molecule has 0 aromatic carbocycles. The van der Waals surface area contributed by atoms with E-state index in [-0.39, 0.29) is 0 Å². The van der Waals surface area contributed by atoms with Crippen molar-refractivity contribution in [1.29, 1.82) is 0 Å². The van der Waals surface area contributed by atoms with E-state index >= 15 is 0 Å². The molecule has 0 bridgehead atoms. The van der Waals surface area contributed by atoms with Crippen LogP contribution in [0.5, 0.6) is 0 Å². The lowest BCUT2D eigenvalue weighted by molar-refractivity contribution is -0.191. The first-order valence-corrected chi connectivity index (χ1v) is 3.43. The number of carbonyl (C=O) groups excluding carboxylic acids is 2. The second-order valence-corrected chi connectivity index (χ2v) is 3.42. The van der Waals surface area contributed by atoms with Crippen LogP contribution in [-0.2, 0) is 19.1 Å². The Kier molecular flexibility index (Phi) is 0.878.